The van der Waals surface area contributed by atoms with Crippen LogP contribution in [0.1, 0.15) is 39.0 Å². The molecule has 0 radical (unpaired) electrons. The van der Waals surface area contributed by atoms with Crippen molar-refractivity contribution in [3.05, 3.63) is 18.6 Å². The number of hydrogen-bond acceptors (Lipinski definition) is 6. The van der Waals surface area contributed by atoms with E-state index in [4.69, 9.17) is 5.73 Å². The Hall–Kier alpha value is -2.18. The molecule has 1 fully saturated rings. The fourth-order valence-electron chi connectivity index (χ4n) is 3.73. The molecule has 1 aliphatic heterocycles. The second kappa shape index (κ2) is 6.14. The van der Waals surface area contributed by atoms with E-state index in [9.17, 15) is 4.79 Å². The molecule has 7 nitrogen and oxygen atoms in total. The van der Waals surface area contributed by atoms with Gasteiger partial charge in [-0.1, -0.05) is 12.8 Å². The highest BCUT2D eigenvalue weighted by Gasteiger charge is 2.44. The Kier molecular flexibility index (Phi) is 4.19. The van der Waals surface area contributed by atoms with Crippen LogP contribution in [-0.4, -0.2) is 45.4 Å². The van der Waals surface area contributed by atoms with Crippen LogP contribution < -0.4 is 11.1 Å². The highest BCUT2D eigenvalue weighted by atomic mass is 16.2. The molecule has 23 heavy (non-hydrogen) atoms. The average molecular weight is 316 g/mol. The first-order chi connectivity index (χ1) is 11.0. The van der Waals surface area contributed by atoms with Crippen molar-refractivity contribution in [2.24, 2.45) is 16.6 Å². The topological polar surface area (TPSA) is 96.5 Å². The molecule has 2 heterocycles. The molecule has 0 spiro atoms. The molecule has 0 unspecified atom stereocenters. The van der Waals surface area contributed by atoms with E-state index in [1.807, 2.05) is 6.92 Å². The fraction of sp³-hybridized carbons (Fsp3) is 0.625. The summed E-state index contributed by atoms with van der Waals surface area (Å²) in [6.07, 6.45) is 10.2. The number of guanidine groups is 1. The predicted molar refractivity (Wildman–Crippen MR) is 88.8 cm³/mol. The number of anilines is 1. The minimum Gasteiger partial charge on any atom is -0.369 e. The number of likely N-dealkylation sites (N-methyl/N-ethyl adjacent to an activating group) is 1. The summed E-state index contributed by atoms with van der Waals surface area (Å²) in [5.74, 6) is 1.58. The third-order valence-electron chi connectivity index (χ3n) is 4.85. The Balaban J connectivity index is 1.62. The molecule has 3 N–H and O–H groups in total. The van der Waals surface area contributed by atoms with E-state index >= 15 is 0 Å². The molecule has 7 heteroatoms. The third-order valence-corrected chi connectivity index (χ3v) is 4.85. The Labute approximate surface area is 136 Å². The maximum absolute atomic E-state index is 12.4. The normalized spacial score (nSPS) is 31.1. The first kappa shape index (κ1) is 15.7. The molecule has 3 rings (SSSR count). The van der Waals surface area contributed by atoms with Crippen molar-refractivity contribution in [3.63, 3.8) is 0 Å². The number of rotatable bonds is 4. The van der Waals surface area contributed by atoms with Gasteiger partial charge in [0.1, 0.15) is 11.4 Å². The Morgan fingerprint density at radius 2 is 2.26 bits per heavy atom. The molecule has 1 saturated carbocycles. The molecule has 3 atom stereocenters. The minimum absolute atomic E-state index is 0.000918. The largest absolute Gasteiger partial charge is 0.369 e. The second-order valence-corrected chi connectivity index (χ2v) is 6.78. The summed E-state index contributed by atoms with van der Waals surface area (Å²) in [6, 6.07) is 0.365. The van der Waals surface area contributed by atoms with E-state index in [1.54, 1.807) is 25.6 Å². The van der Waals surface area contributed by atoms with Gasteiger partial charge in [0, 0.05) is 25.5 Å². The van der Waals surface area contributed by atoms with Crippen molar-refractivity contribution >= 4 is 17.7 Å². The van der Waals surface area contributed by atoms with E-state index in [1.165, 1.54) is 4.90 Å². The van der Waals surface area contributed by atoms with Gasteiger partial charge in [-0.25, -0.2) is 9.98 Å². The fourth-order valence-corrected chi connectivity index (χ4v) is 3.73. The summed E-state index contributed by atoms with van der Waals surface area (Å²) in [7, 11) is 1.69. The van der Waals surface area contributed by atoms with E-state index in [2.05, 4.69) is 20.3 Å². The van der Waals surface area contributed by atoms with E-state index in [0.29, 0.717) is 17.9 Å². The van der Waals surface area contributed by atoms with Gasteiger partial charge >= 0.3 is 0 Å². The average Bonchev–Trinajstić information content (AvgIpc) is 2.72. The number of carbonyl (C=O) groups is 1. The van der Waals surface area contributed by atoms with Crippen molar-refractivity contribution in [1.29, 1.82) is 0 Å². The summed E-state index contributed by atoms with van der Waals surface area (Å²) in [6.45, 7) is 1.89. The van der Waals surface area contributed by atoms with Crippen LogP contribution in [0.2, 0.25) is 0 Å². The molecule has 2 aliphatic rings. The van der Waals surface area contributed by atoms with Gasteiger partial charge in [-0.2, -0.15) is 0 Å². The molecule has 1 aromatic heterocycles. The Morgan fingerprint density at radius 3 is 2.91 bits per heavy atom. The quantitative estimate of drug-likeness (QED) is 0.875. The standard InChI is InChI=1S/C16H24N6O/c1-16(14(23)22(2)15(17)21-16)9-11-4-3-5-12(8-11)20-13-10-18-6-7-19-13/h6-7,10-12H,3-5,8-9H2,1-2H3,(H2,17,21)(H,19,20)/t11-,12+,16+/m0/s1. The van der Waals surface area contributed by atoms with Gasteiger partial charge in [0.15, 0.2) is 5.96 Å². The second-order valence-electron chi connectivity index (χ2n) is 6.78. The molecule has 124 valence electrons. The van der Waals surface area contributed by atoms with Crippen LogP contribution >= 0.6 is 0 Å². The number of aliphatic imine (C=N–C) groups is 1. The molecule has 1 aromatic rings. The Morgan fingerprint density at radius 1 is 1.43 bits per heavy atom. The van der Waals surface area contributed by atoms with Gasteiger partial charge in [-0.05, 0) is 32.1 Å². The molecule has 1 aliphatic carbocycles. The number of nitrogens with one attached hydrogen (secondary N) is 1. The van der Waals surface area contributed by atoms with Gasteiger partial charge in [-0.15, -0.1) is 0 Å². The molecule has 0 saturated heterocycles. The lowest BCUT2D eigenvalue weighted by atomic mass is 9.78. The highest BCUT2D eigenvalue weighted by molar-refractivity contribution is 6.06. The number of nitrogens with zero attached hydrogens (tertiary/aromatic N) is 4. The number of aromatic nitrogens is 2. The van der Waals surface area contributed by atoms with Crippen LogP contribution in [0.15, 0.2) is 23.6 Å². The minimum atomic E-state index is -0.710. The predicted octanol–water partition coefficient (Wildman–Crippen LogP) is 1.38. The van der Waals surface area contributed by atoms with E-state index in [-0.39, 0.29) is 5.91 Å². The number of amides is 1. The van der Waals surface area contributed by atoms with Gasteiger partial charge in [0.25, 0.3) is 5.91 Å². The lowest BCUT2D eigenvalue weighted by molar-refractivity contribution is -0.130. The van der Waals surface area contributed by atoms with Gasteiger partial charge in [0.2, 0.25) is 0 Å². The van der Waals surface area contributed by atoms with Crippen molar-refractivity contribution in [2.75, 3.05) is 12.4 Å². The maximum atomic E-state index is 12.4. The third kappa shape index (κ3) is 3.28. The molecule has 0 bridgehead atoms. The Bertz CT molecular complexity index is 604. The monoisotopic (exact) mass is 316 g/mol. The lowest BCUT2D eigenvalue weighted by Gasteiger charge is -2.33. The molecule has 1 amide bonds. The van der Waals surface area contributed by atoms with Crippen LogP contribution in [0.4, 0.5) is 5.82 Å². The van der Waals surface area contributed by atoms with Crippen molar-refractivity contribution < 1.29 is 4.79 Å². The van der Waals surface area contributed by atoms with Crippen LogP contribution in [0, 0.1) is 5.92 Å². The molecular weight excluding hydrogens is 292 g/mol. The first-order valence-corrected chi connectivity index (χ1v) is 8.14. The molecular formula is C16H24N6O. The highest BCUT2D eigenvalue weighted by Crippen LogP contribution is 2.35. The maximum Gasteiger partial charge on any atom is 0.256 e. The van der Waals surface area contributed by atoms with Crippen molar-refractivity contribution in [1.82, 2.24) is 14.9 Å². The summed E-state index contributed by atoms with van der Waals surface area (Å²) >= 11 is 0. The summed E-state index contributed by atoms with van der Waals surface area (Å²) in [5, 5.41) is 3.45. The summed E-state index contributed by atoms with van der Waals surface area (Å²) in [5.41, 5.74) is 5.10. The van der Waals surface area contributed by atoms with Crippen LogP contribution in [-0.2, 0) is 4.79 Å². The zero-order chi connectivity index (χ0) is 16.4. The SMILES string of the molecule is CN1C(=O)[C@@](C)(C[C@H]2CCC[C@@H](Nc3cnccn3)C2)N=C1N. The first-order valence-electron chi connectivity index (χ1n) is 8.14. The van der Waals surface area contributed by atoms with Crippen LogP contribution in [0.25, 0.3) is 0 Å². The van der Waals surface area contributed by atoms with E-state index < -0.39 is 5.54 Å². The number of nitrogens with two attached hydrogens (primary N) is 1. The van der Waals surface area contributed by atoms with E-state index in [0.717, 1.165) is 37.9 Å². The summed E-state index contributed by atoms with van der Waals surface area (Å²) < 4.78 is 0. The van der Waals surface area contributed by atoms with Crippen molar-refractivity contribution in [3.8, 4) is 0 Å². The van der Waals surface area contributed by atoms with Crippen molar-refractivity contribution in [2.45, 2.75) is 50.6 Å². The van der Waals surface area contributed by atoms with Crippen LogP contribution in [0.5, 0.6) is 0 Å². The lowest BCUT2D eigenvalue weighted by Crippen LogP contribution is -2.42. The number of hydrogen-bond donors (Lipinski definition) is 2. The van der Waals surface area contributed by atoms with Gasteiger partial charge in [0.05, 0.1) is 6.20 Å². The smallest absolute Gasteiger partial charge is 0.256 e. The zero-order valence-electron chi connectivity index (χ0n) is 13.7. The molecule has 0 aromatic carbocycles. The van der Waals surface area contributed by atoms with Gasteiger partial charge in [-0.3, -0.25) is 14.7 Å². The van der Waals surface area contributed by atoms with Gasteiger partial charge < -0.3 is 11.1 Å². The number of carbonyl (C=O) groups excluding carboxylic acids is 1. The summed E-state index contributed by atoms with van der Waals surface area (Å²) in [4.78, 5) is 26.6. The zero-order valence-corrected chi connectivity index (χ0v) is 13.7. The van der Waals surface area contributed by atoms with Crippen LogP contribution in [0.3, 0.4) is 0 Å².